The maximum Gasteiger partial charge on any atom is 0.128 e. The summed E-state index contributed by atoms with van der Waals surface area (Å²) in [5.74, 6) is 0.635. The van der Waals surface area contributed by atoms with E-state index in [0.717, 1.165) is 22.3 Å². The van der Waals surface area contributed by atoms with Crippen LogP contribution in [0.15, 0.2) is 48.5 Å². The van der Waals surface area contributed by atoms with Crippen molar-refractivity contribution in [3.8, 4) is 5.75 Å². The Bertz CT molecular complexity index is 787. The van der Waals surface area contributed by atoms with Gasteiger partial charge in [-0.05, 0) is 57.2 Å². The van der Waals surface area contributed by atoms with Crippen LogP contribution >= 0.6 is 0 Å². The molecule has 3 aromatic rings. The van der Waals surface area contributed by atoms with Crippen molar-refractivity contribution in [2.24, 2.45) is 0 Å². The van der Waals surface area contributed by atoms with Crippen molar-refractivity contribution in [2.45, 2.75) is 33.4 Å². The van der Waals surface area contributed by atoms with Gasteiger partial charge in [0.15, 0.2) is 0 Å². The third kappa shape index (κ3) is 2.84. The van der Waals surface area contributed by atoms with Crippen molar-refractivity contribution in [1.82, 2.24) is 4.57 Å². The first-order valence-corrected chi connectivity index (χ1v) is 7.53. The van der Waals surface area contributed by atoms with E-state index in [1.54, 1.807) is 6.07 Å². The Morgan fingerprint density at radius 1 is 1.05 bits per heavy atom. The summed E-state index contributed by atoms with van der Waals surface area (Å²) in [5, 5.41) is 1.04. The molecule has 0 aliphatic carbocycles. The highest BCUT2D eigenvalue weighted by molar-refractivity contribution is 5.81. The molecule has 0 fully saturated rings. The van der Waals surface area contributed by atoms with Crippen molar-refractivity contribution in [1.29, 1.82) is 0 Å². The molecule has 3 heteroatoms. The van der Waals surface area contributed by atoms with E-state index in [0.29, 0.717) is 6.61 Å². The maximum absolute atomic E-state index is 13.5. The van der Waals surface area contributed by atoms with Crippen LogP contribution in [0.2, 0.25) is 0 Å². The molecule has 1 heterocycles. The van der Waals surface area contributed by atoms with Crippen LogP contribution in [0.25, 0.3) is 10.9 Å². The van der Waals surface area contributed by atoms with Gasteiger partial charge in [-0.25, -0.2) is 4.39 Å². The molecule has 0 saturated heterocycles. The zero-order valence-electron chi connectivity index (χ0n) is 13.1. The molecule has 0 spiro atoms. The summed E-state index contributed by atoms with van der Waals surface area (Å²) in [6.07, 6.45) is 0. The highest BCUT2D eigenvalue weighted by Gasteiger charge is 2.12. The second-order valence-corrected chi connectivity index (χ2v) is 5.90. The summed E-state index contributed by atoms with van der Waals surface area (Å²) >= 11 is 0. The van der Waals surface area contributed by atoms with Crippen LogP contribution < -0.4 is 4.74 Å². The molecule has 1 aromatic heterocycles. The fraction of sp³-hybridized carbons (Fsp3) is 0.263. The predicted molar refractivity (Wildman–Crippen MR) is 87.8 cm³/mol. The van der Waals surface area contributed by atoms with Crippen molar-refractivity contribution >= 4 is 10.9 Å². The number of ether oxygens (including phenoxy) is 1. The lowest BCUT2D eigenvalue weighted by Crippen LogP contribution is -2.08. The van der Waals surface area contributed by atoms with Crippen LogP contribution in [0.5, 0.6) is 5.75 Å². The third-order valence-electron chi connectivity index (χ3n) is 3.81. The number of hydrogen-bond donors (Lipinski definition) is 0. The zero-order chi connectivity index (χ0) is 15.7. The van der Waals surface area contributed by atoms with Crippen LogP contribution in [0.1, 0.15) is 31.1 Å². The van der Waals surface area contributed by atoms with Gasteiger partial charge >= 0.3 is 0 Å². The topological polar surface area (TPSA) is 14.2 Å². The molecule has 22 heavy (non-hydrogen) atoms. The Morgan fingerprint density at radius 3 is 2.45 bits per heavy atom. The Kier molecular flexibility index (Phi) is 3.88. The SMILES string of the molecule is Cc1ccc(OCc2cc3ccc(F)cc3n2C(C)C)cc1. The van der Waals surface area contributed by atoms with Gasteiger partial charge in [0.05, 0.1) is 11.2 Å². The summed E-state index contributed by atoms with van der Waals surface area (Å²) in [6, 6.07) is 15.2. The molecule has 0 atom stereocenters. The minimum atomic E-state index is -0.210. The molecule has 0 bridgehead atoms. The molecule has 3 rings (SSSR count). The van der Waals surface area contributed by atoms with Gasteiger partial charge in [-0.3, -0.25) is 0 Å². The summed E-state index contributed by atoms with van der Waals surface area (Å²) < 4.78 is 21.5. The van der Waals surface area contributed by atoms with Crippen LogP contribution in [0.3, 0.4) is 0 Å². The molecule has 114 valence electrons. The zero-order valence-corrected chi connectivity index (χ0v) is 13.1. The van der Waals surface area contributed by atoms with Crippen molar-refractivity contribution in [3.63, 3.8) is 0 Å². The van der Waals surface area contributed by atoms with Gasteiger partial charge in [-0.2, -0.15) is 0 Å². The van der Waals surface area contributed by atoms with Gasteiger partial charge in [0.1, 0.15) is 18.2 Å². The van der Waals surface area contributed by atoms with E-state index >= 15 is 0 Å². The van der Waals surface area contributed by atoms with Gasteiger partial charge in [0.25, 0.3) is 0 Å². The van der Waals surface area contributed by atoms with Gasteiger partial charge < -0.3 is 9.30 Å². The average Bonchev–Trinajstić information content (AvgIpc) is 2.84. The average molecular weight is 297 g/mol. The summed E-state index contributed by atoms with van der Waals surface area (Å²) in [6.45, 7) is 6.71. The van der Waals surface area contributed by atoms with Crippen molar-refractivity contribution in [2.75, 3.05) is 0 Å². The third-order valence-corrected chi connectivity index (χ3v) is 3.81. The first-order chi connectivity index (χ1) is 10.5. The van der Waals surface area contributed by atoms with E-state index in [2.05, 4.69) is 31.4 Å². The highest BCUT2D eigenvalue weighted by atomic mass is 19.1. The number of nitrogens with zero attached hydrogens (tertiary/aromatic N) is 1. The quantitative estimate of drug-likeness (QED) is 0.641. The fourth-order valence-corrected chi connectivity index (χ4v) is 2.76. The number of hydrogen-bond acceptors (Lipinski definition) is 1. The maximum atomic E-state index is 13.5. The number of rotatable bonds is 4. The molecular formula is C19H20FNO. The normalized spacial score (nSPS) is 11.3. The lowest BCUT2D eigenvalue weighted by molar-refractivity contribution is 0.293. The minimum absolute atomic E-state index is 0.210. The van der Waals surface area contributed by atoms with Crippen LogP contribution in [-0.2, 0) is 6.61 Å². The lowest BCUT2D eigenvalue weighted by Gasteiger charge is -2.15. The predicted octanol–water partition coefficient (Wildman–Crippen LogP) is 5.25. The molecule has 0 radical (unpaired) electrons. The van der Waals surface area contributed by atoms with Crippen molar-refractivity contribution in [3.05, 3.63) is 65.6 Å². The smallest absolute Gasteiger partial charge is 0.128 e. The standard InChI is InChI=1S/C19H20FNO/c1-13(2)21-17(10-15-6-7-16(20)11-19(15)21)12-22-18-8-4-14(3)5-9-18/h4-11,13H,12H2,1-3H3. The highest BCUT2D eigenvalue weighted by Crippen LogP contribution is 2.26. The van der Waals surface area contributed by atoms with E-state index in [1.807, 2.05) is 30.3 Å². The molecule has 2 nitrogen and oxygen atoms in total. The summed E-state index contributed by atoms with van der Waals surface area (Å²) in [7, 11) is 0. The number of fused-ring (bicyclic) bond motifs is 1. The van der Waals surface area contributed by atoms with Gasteiger partial charge in [-0.15, -0.1) is 0 Å². The molecule has 0 unspecified atom stereocenters. The fourth-order valence-electron chi connectivity index (χ4n) is 2.76. The van der Waals surface area contributed by atoms with Gasteiger partial charge in [0.2, 0.25) is 0 Å². The van der Waals surface area contributed by atoms with E-state index in [9.17, 15) is 4.39 Å². The first kappa shape index (κ1) is 14.6. The van der Waals surface area contributed by atoms with Gasteiger partial charge in [-0.1, -0.05) is 17.7 Å². The molecular weight excluding hydrogens is 277 g/mol. The van der Waals surface area contributed by atoms with E-state index in [-0.39, 0.29) is 11.9 Å². The molecule has 0 N–H and O–H groups in total. The summed E-state index contributed by atoms with van der Waals surface area (Å²) in [5.41, 5.74) is 3.17. The minimum Gasteiger partial charge on any atom is -0.487 e. The molecule has 0 aliphatic rings. The van der Waals surface area contributed by atoms with Crippen molar-refractivity contribution < 1.29 is 9.13 Å². The Morgan fingerprint density at radius 2 is 1.77 bits per heavy atom. The number of aromatic nitrogens is 1. The summed E-state index contributed by atoms with van der Waals surface area (Å²) in [4.78, 5) is 0. The van der Waals surface area contributed by atoms with Crippen LogP contribution in [-0.4, -0.2) is 4.57 Å². The van der Waals surface area contributed by atoms with Crippen LogP contribution in [0, 0.1) is 12.7 Å². The molecule has 2 aromatic carbocycles. The Hall–Kier alpha value is -2.29. The van der Waals surface area contributed by atoms with E-state index < -0.39 is 0 Å². The first-order valence-electron chi connectivity index (χ1n) is 7.53. The Labute approximate surface area is 130 Å². The van der Waals surface area contributed by atoms with E-state index in [4.69, 9.17) is 4.74 Å². The Balaban J connectivity index is 1.92. The molecule has 0 saturated carbocycles. The molecule has 0 amide bonds. The second-order valence-electron chi connectivity index (χ2n) is 5.90. The monoisotopic (exact) mass is 297 g/mol. The second kappa shape index (κ2) is 5.84. The molecule has 0 aliphatic heterocycles. The number of benzene rings is 2. The van der Waals surface area contributed by atoms with Crippen LogP contribution in [0.4, 0.5) is 4.39 Å². The number of aryl methyl sites for hydroxylation is 1. The number of halogens is 1. The lowest BCUT2D eigenvalue weighted by atomic mass is 10.2. The van der Waals surface area contributed by atoms with E-state index in [1.165, 1.54) is 11.6 Å². The largest absolute Gasteiger partial charge is 0.487 e. The van der Waals surface area contributed by atoms with Gasteiger partial charge in [0, 0.05) is 11.4 Å².